The van der Waals surface area contributed by atoms with E-state index in [0.717, 1.165) is 36.6 Å². The van der Waals surface area contributed by atoms with Gasteiger partial charge in [-0.25, -0.2) is 4.98 Å². The van der Waals surface area contributed by atoms with Gasteiger partial charge in [0.15, 0.2) is 0 Å². The minimum atomic E-state index is -0.206. The SMILES string of the molecule is Cl.NC(=O)CC1CCC(Nc2nc(N)c3ccccc3n2)CC1. The largest absolute Gasteiger partial charge is 0.383 e. The summed E-state index contributed by atoms with van der Waals surface area (Å²) in [6.45, 7) is 0. The van der Waals surface area contributed by atoms with Gasteiger partial charge in [0.1, 0.15) is 5.82 Å². The highest BCUT2D eigenvalue weighted by molar-refractivity contribution is 5.88. The van der Waals surface area contributed by atoms with Crippen LogP contribution in [0.3, 0.4) is 0 Å². The van der Waals surface area contributed by atoms with Gasteiger partial charge in [-0.15, -0.1) is 12.4 Å². The van der Waals surface area contributed by atoms with Crippen molar-refractivity contribution in [3.8, 4) is 0 Å². The summed E-state index contributed by atoms with van der Waals surface area (Å²) >= 11 is 0. The van der Waals surface area contributed by atoms with Gasteiger partial charge < -0.3 is 16.8 Å². The van der Waals surface area contributed by atoms with Crippen molar-refractivity contribution in [3.63, 3.8) is 0 Å². The fourth-order valence-electron chi connectivity index (χ4n) is 3.14. The molecule has 0 radical (unpaired) electrons. The molecule has 0 spiro atoms. The Balaban J connectivity index is 0.00000192. The Morgan fingerprint density at radius 2 is 1.87 bits per heavy atom. The smallest absolute Gasteiger partial charge is 0.225 e. The second-order valence-electron chi connectivity index (χ2n) is 5.98. The number of carbonyl (C=O) groups is 1. The van der Waals surface area contributed by atoms with Crippen molar-refractivity contribution in [1.29, 1.82) is 0 Å². The molecule has 6 nitrogen and oxygen atoms in total. The number of primary amides is 1. The molecule has 5 N–H and O–H groups in total. The number of amides is 1. The Hall–Kier alpha value is -2.08. The molecule has 1 saturated carbocycles. The van der Waals surface area contributed by atoms with Crippen molar-refractivity contribution in [2.45, 2.75) is 38.1 Å². The molecule has 0 unspecified atom stereocenters. The Morgan fingerprint density at radius 1 is 1.17 bits per heavy atom. The molecule has 0 saturated heterocycles. The predicted molar refractivity (Wildman–Crippen MR) is 94.4 cm³/mol. The van der Waals surface area contributed by atoms with Crippen LogP contribution in [0.5, 0.6) is 0 Å². The van der Waals surface area contributed by atoms with Crippen LogP contribution in [0.1, 0.15) is 32.1 Å². The second kappa shape index (κ2) is 7.46. The maximum Gasteiger partial charge on any atom is 0.225 e. The molecule has 7 heteroatoms. The molecule has 2 aromatic rings. The van der Waals surface area contributed by atoms with Crippen molar-refractivity contribution in [1.82, 2.24) is 9.97 Å². The normalized spacial score (nSPS) is 20.7. The monoisotopic (exact) mass is 335 g/mol. The third kappa shape index (κ3) is 4.22. The molecule has 3 rings (SSSR count). The van der Waals surface area contributed by atoms with Crippen LogP contribution < -0.4 is 16.8 Å². The number of anilines is 2. The van der Waals surface area contributed by atoms with Crippen molar-refractivity contribution in [2.75, 3.05) is 11.1 Å². The number of rotatable bonds is 4. The predicted octanol–water partition coefficient (Wildman–Crippen LogP) is 2.48. The Bertz CT molecular complexity index is 685. The average Bonchev–Trinajstić information content (AvgIpc) is 2.49. The number of halogens is 1. The maximum atomic E-state index is 11.0. The van der Waals surface area contributed by atoms with Crippen LogP contribution in [0.15, 0.2) is 24.3 Å². The molecule has 1 amide bonds. The third-order valence-electron chi connectivity index (χ3n) is 4.30. The number of hydrogen-bond acceptors (Lipinski definition) is 5. The lowest BCUT2D eigenvalue weighted by molar-refractivity contribution is -0.119. The number of aromatic nitrogens is 2. The van der Waals surface area contributed by atoms with E-state index < -0.39 is 0 Å². The summed E-state index contributed by atoms with van der Waals surface area (Å²) in [6, 6.07) is 8.04. The molecule has 124 valence electrons. The maximum absolute atomic E-state index is 11.0. The van der Waals surface area contributed by atoms with Crippen LogP contribution in [-0.2, 0) is 4.79 Å². The molecule has 23 heavy (non-hydrogen) atoms. The number of hydrogen-bond donors (Lipinski definition) is 3. The van der Waals surface area contributed by atoms with Crippen molar-refractivity contribution >= 4 is 41.0 Å². The lowest BCUT2D eigenvalue weighted by atomic mass is 9.84. The zero-order chi connectivity index (χ0) is 15.5. The first-order valence-electron chi connectivity index (χ1n) is 7.69. The fourth-order valence-corrected chi connectivity index (χ4v) is 3.14. The Morgan fingerprint density at radius 3 is 2.57 bits per heavy atom. The van der Waals surface area contributed by atoms with Gasteiger partial charge in [0, 0.05) is 17.8 Å². The van der Waals surface area contributed by atoms with E-state index in [1.807, 2.05) is 24.3 Å². The molecule has 1 fully saturated rings. The van der Waals surface area contributed by atoms with Crippen LogP contribution in [0.25, 0.3) is 10.9 Å². The summed E-state index contributed by atoms with van der Waals surface area (Å²) < 4.78 is 0. The summed E-state index contributed by atoms with van der Waals surface area (Å²) in [6.07, 6.45) is 4.49. The lowest BCUT2D eigenvalue weighted by Gasteiger charge is -2.28. The van der Waals surface area contributed by atoms with Gasteiger partial charge in [0.25, 0.3) is 0 Å². The zero-order valence-electron chi connectivity index (χ0n) is 12.9. The van der Waals surface area contributed by atoms with Crippen LogP contribution >= 0.6 is 12.4 Å². The first-order chi connectivity index (χ1) is 10.6. The molecule has 1 aromatic heterocycles. The summed E-state index contributed by atoms with van der Waals surface area (Å²) in [5, 5.41) is 4.24. The Kier molecular flexibility index (Phi) is 5.60. The molecule has 0 aliphatic heterocycles. The minimum absolute atomic E-state index is 0. The number of nitrogens with two attached hydrogens (primary N) is 2. The first-order valence-corrected chi connectivity index (χ1v) is 7.69. The van der Waals surface area contributed by atoms with Gasteiger partial charge >= 0.3 is 0 Å². The van der Waals surface area contributed by atoms with Crippen molar-refractivity contribution < 1.29 is 4.79 Å². The first kappa shape index (κ1) is 17.3. The third-order valence-corrected chi connectivity index (χ3v) is 4.30. The number of nitrogen functional groups attached to an aromatic ring is 1. The molecule has 1 aromatic carbocycles. The van der Waals surface area contributed by atoms with Crippen LogP contribution in [0, 0.1) is 5.92 Å². The topological polar surface area (TPSA) is 107 Å². The van der Waals surface area contributed by atoms with Gasteiger partial charge in [-0.1, -0.05) is 12.1 Å². The molecule has 0 atom stereocenters. The van der Waals surface area contributed by atoms with E-state index in [2.05, 4.69) is 15.3 Å². The van der Waals surface area contributed by atoms with E-state index in [0.29, 0.717) is 30.1 Å². The minimum Gasteiger partial charge on any atom is -0.383 e. The van der Waals surface area contributed by atoms with E-state index in [1.54, 1.807) is 0 Å². The quantitative estimate of drug-likeness (QED) is 0.795. The summed E-state index contributed by atoms with van der Waals surface area (Å²) in [7, 11) is 0. The molecular weight excluding hydrogens is 314 g/mol. The van der Waals surface area contributed by atoms with E-state index in [1.165, 1.54) is 0 Å². The van der Waals surface area contributed by atoms with Gasteiger partial charge in [0.2, 0.25) is 11.9 Å². The van der Waals surface area contributed by atoms with Crippen LogP contribution in [0.2, 0.25) is 0 Å². The Labute approximate surface area is 141 Å². The lowest BCUT2D eigenvalue weighted by Crippen LogP contribution is -2.29. The molecule has 1 heterocycles. The second-order valence-corrected chi connectivity index (χ2v) is 5.98. The highest BCUT2D eigenvalue weighted by Gasteiger charge is 2.23. The average molecular weight is 336 g/mol. The standard InChI is InChI=1S/C16H21N5O.ClH/c17-14(22)9-10-5-7-11(8-6-10)19-16-20-13-4-2-1-3-12(13)15(18)21-16;/h1-4,10-11H,5-9H2,(H2,17,22)(H3,18,19,20,21);1H. The van der Waals surface area contributed by atoms with E-state index in [9.17, 15) is 4.79 Å². The van der Waals surface area contributed by atoms with E-state index in [4.69, 9.17) is 11.5 Å². The van der Waals surface area contributed by atoms with Gasteiger partial charge in [-0.05, 0) is 43.7 Å². The van der Waals surface area contributed by atoms with Crippen LogP contribution in [0.4, 0.5) is 11.8 Å². The highest BCUT2D eigenvalue weighted by atomic mass is 35.5. The number of nitrogens with zero attached hydrogens (tertiary/aromatic N) is 2. The molecule has 0 bridgehead atoms. The number of benzene rings is 1. The molecular formula is C16H22ClN5O. The fraction of sp³-hybridized carbons (Fsp3) is 0.438. The molecule has 1 aliphatic rings. The number of carbonyl (C=O) groups excluding carboxylic acids is 1. The zero-order valence-corrected chi connectivity index (χ0v) is 13.7. The van der Waals surface area contributed by atoms with E-state index in [-0.39, 0.29) is 18.3 Å². The van der Waals surface area contributed by atoms with Gasteiger partial charge in [-0.2, -0.15) is 4.98 Å². The summed E-state index contributed by atoms with van der Waals surface area (Å²) in [5.74, 6) is 1.28. The van der Waals surface area contributed by atoms with Gasteiger partial charge in [0.05, 0.1) is 5.52 Å². The highest BCUT2D eigenvalue weighted by Crippen LogP contribution is 2.28. The van der Waals surface area contributed by atoms with E-state index >= 15 is 0 Å². The number of fused-ring (bicyclic) bond motifs is 1. The van der Waals surface area contributed by atoms with Crippen LogP contribution in [-0.4, -0.2) is 21.9 Å². The molecule has 1 aliphatic carbocycles. The van der Waals surface area contributed by atoms with Gasteiger partial charge in [-0.3, -0.25) is 4.79 Å². The number of nitrogens with one attached hydrogen (secondary N) is 1. The van der Waals surface area contributed by atoms with Crippen molar-refractivity contribution in [3.05, 3.63) is 24.3 Å². The number of para-hydroxylation sites is 1. The summed E-state index contributed by atoms with van der Waals surface area (Å²) in [5.41, 5.74) is 12.1. The summed E-state index contributed by atoms with van der Waals surface area (Å²) in [4.78, 5) is 19.8. The van der Waals surface area contributed by atoms with Crippen molar-refractivity contribution in [2.24, 2.45) is 11.7 Å².